The van der Waals surface area contributed by atoms with Gasteiger partial charge in [0, 0.05) is 12.5 Å². The van der Waals surface area contributed by atoms with Crippen molar-refractivity contribution in [2.75, 3.05) is 0 Å². The summed E-state index contributed by atoms with van der Waals surface area (Å²) in [5.41, 5.74) is 1.90. The average Bonchev–Trinajstić information content (AvgIpc) is 2.69. The second kappa shape index (κ2) is 8.43. The minimum absolute atomic E-state index is 0.0482. The first-order valence-electron chi connectivity index (χ1n) is 8.85. The Kier molecular flexibility index (Phi) is 5.78. The van der Waals surface area contributed by atoms with Gasteiger partial charge in [-0.2, -0.15) is 0 Å². The van der Waals surface area contributed by atoms with Crippen LogP contribution >= 0.6 is 0 Å². The summed E-state index contributed by atoms with van der Waals surface area (Å²) in [6.45, 7) is 1.86. The Balaban J connectivity index is 1.74. The molecule has 0 aliphatic rings. The molecule has 29 heavy (non-hydrogen) atoms. The maximum atomic E-state index is 12.5. The van der Waals surface area contributed by atoms with Gasteiger partial charge in [0.15, 0.2) is 5.43 Å². The molecular formula is C22H19NO6. The van der Waals surface area contributed by atoms with Crippen molar-refractivity contribution < 1.29 is 24.2 Å². The van der Waals surface area contributed by atoms with E-state index in [1.165, 1.54) is 24.5 Å². The van der Waals surface area contributed by atoms with Gasteiger partial charge in [-0.1, -0.05) is 23.8 Å². The van der Waals surface area contributed by atoms with Crippen molar-refractivity contribution >= 4 is 28.9 Å². The van der Waals surface area contributed by atoms with E-state index in [0.717, 1.165) is 11.6 Å². The molecule has 0 bridgehead atoms. The van der Waals surface area contributed by atoms with Crippen molar-refractivity contribution in [3.05, 3.63) is 81.7 Å². The fourth-order valence-corrected chi connectivity index (χ4v) is 2.83. The molecule has 3 rings (SSSR count). The number of aryl methyl sites for hydroxylation is 1. The van der Waals surface area contributed by atoms with Crippen LogP contribution in [0.4, 0.5) is 0 Å². The Morgan fingerprint density at radius 2 is 1.90 bits per heavy atom. The molecule has 1 aromatic heterocycles. The molecule has 0 radical (unpaired) electrons. The van der Waals surface area contributed by atoms with E-state index in [0.29, 0.717) is 16.5 Å². The van der Waals surface area contributed by atoms with Crippen molar-refractivity contribution in [3.8, 4) is 5.75 Å². The van der Waals surface area contributed by atoms with E-state index in [1.807, 2.05) is 13.0 Å². The quantitative estimate of drug-likeness (QED) is 0.554. The average molecular weight is 393 g/mol. The van der Waals surface area contributed by atoms with Gasteiger partial charge < -0.3 is 19.9 Å². The van der Waals surface area contributed by atoms with Gasteiger partial charge in [0.05, 0.1) is 10.9 Å². The molecule has 0 aliphatic heterocycles. The van der Waals surface area contributed by atoms with Crippen LogP contribution in [-0.2, 0) is 16.0 Å². The zero-order valence-corrected chi connectivity index (χ0v) is 15.6. The number of aromatic hydroxyl groups is 1. The molecule has 148 valence electrons. The third kappa shape index (κ3) is 4.90. The van der Waals surface area contributed by atoms with Gasteiger partial charge in [0.2, 0.25) is 5.91 Å². The Morgan fingerprint density at radius 3 is 2.59 bits per heavy atom. The lowest BCUT2D eigenvalue weighted by Crippen LogP contribution is -2.41. The van der Waals surface area contributed by atoms with E-state index < -0.39 is 17.9 Å². The van der Waals surface area contributed by atoms with Crippen LogP contribution in [0.25, 0.3) is 17.0 Å². The molecule has 0 saturated heterocycles. The number of nitrogens with one attached hydrogen (secondary N) is 1. The second-order valence-corrected chi connectivity index (χ2v) is 6.62. The summed E-state index contributed by atoms with van der Waals surface area (Å²) in [6, 6.07) is 10.1. The molecule has 2 aromatic carbocycles. The Morgan fingerprint density at radius 1 is 1.17 bits per heavy atom. The molecule has 0 aliphatic carbocycles. The van der Waals surface area contributed by atoms with E-state index in [2.05, 4.69) is 5.32 Å². The standard InChI is InChI=1S/C22H19NO6/c1-13-2-8-19-17(10-13)21(26)15(12-29-19)5-9-20(25)23-18(22(27)28)11-14-3-6-16(24)7-4-14/h2-10,12,18,24H,11H2,1H3,(H,23,25)(H,27,28)/b9-5+. The summed E-state index contributed by atoms with van der Waals surface area (Å²) >= 11 is 0. The van der Waals surface area contributed by atoms with Crippen molar-refractivity contribution in [1.82, 2.24) is 5.32 Å². The lowest BCUT2D eigenvalue weighted by Gasteiger charge is -2.13. The van der Waals surface area contributed by atoms with Gasteiger partial charge in [0.25, 0.3) is 0 Å². The fraction of sp³-hybridized carbons (Fsp3) is 0.136. The number of carbonyl (C=O) groups excluding carboxylic acids is 1. The van der Waals surface area contributed by atoms with Crippen molar-refractivity contribution in [3.63, 3.8) is 0 Å². The molecule has 1 unspecified atom stereocenters. The minimum Gasteiger partial charge on any atom is -0.508 e. The summed E-state index contributed by atoms with van der Waals surface area (Å²) in [4.78, 5) is 36.2. The molecule has 0 spiro atoms. The first-order valence-corrected chi connectivity index (χ1v) is 8.85. The molecule has 7 heteroatoms. The normalized spacial score (nSPS) is 12.2. The highest BCUT2D eigenvalue weighted by Crippen LogP contribution is 2.14. The highest BCUT2D eigenvalue weighted by atomic mass is 16.4. The third-order valence-corrected chi connectivity index (χ3v) is 4.36. The molecule has 0 fully saturated rings. The summed E-state index contributed by atoms with van der Waals surface area (Å²) in [7, 11) is 0. The van der Waals surface area contributed by atoms with Crippen LogP contribution in [0.3, 0.4) is 0 Å². The van der Waals surface area contributed by atoms with Gasteiger partial charge >= 0.3 is 5.97 Å². The zero-order valence-electron chi connectivity index (χ0n) is 15.6. The highest BCUT2D eigenvalue weighted by molar-refractivity contribution is 5.94. The van der Waals surface area contributed by atoms with Crippen LogP contribution in [0.2, 0.25) is 0 Å². The monoisotopic (exact) mass is 393 g/mol. The molecule has 0 saturated carbocycles. The molecule has 1 amide bonds. The number of phenolic OH excluding ortho intramolecular Hbond substituents is 1. The number of carboxylic acid groups (broad SMARTS) is 1. The van der Waals surface area contributed by atoms with E-state index in [1.54, 1.807) is 24.3 Å². The maximum absolute atomic E-state index is 12.5. The molecule has 1 atom stereocenters. The maximum Gasteiger partial charge on any atom is 0.326 e. The second-order valence-electron chi connectivity index (χ2n) is 6.62. The number of amides is 1. The van der Waals surface area contributed by atoms with Crippen LogP contribution in [0.5, 0.6) is 5.75 Å². The number of phenols is 1. The van der Waals surface area contributed by atoms with Crippen molar-refractivity contribution in [2.24, 2.45) is 0 Å². The van der Waals surface area contributed by atoms with Crippen LogP contribution in [0, 0.1) is 6.92 Å². The predicted octanol–water partition coefficient (Wildman–Crippen LogP) is 2.63. The molecular weight excluding hydrogens is 374 g/mol. The van der Waals surface area contributed by atoms with Gasteiger partial charge in [-0.15, -0.1) is 0 Å². The summed E-state index contributed by atoms with van der Waals surface area (Å²) in [5.74, 6) is -1.78. The van der Waals surface area contributed by atoms with E-state index in [4.69, 9.17) is 4.42 Å². The number of fused-ring (bicyclic) bond motifs is 1. The van der Waals surface area contributed by atoms with Gasteiger partial charge in [-0.3, -0.25) is 9.59 Å². The third-order valence-electron chi connectivity index (χ3n) is 4.36. The van der Waals surface area contributed by atoms with Crippen molar-refractivity contribution in [1.29, 1.82) is 0 Å². The molecule has 3 aromatic rings. The molecule has 7 nitrogen and oxygen atoms in total. The summed E-state index contributed by atoms with van der Waals surface area (Å²) < 4.78 is 5.42. The topological polar surface area (TPSA) is 117 Å². The molecule has 1 heterocycles. The first-order chi connectivity index (χ1) is 13.8. The van der Waals surface area contributed by atoms with Crippen LogP contribution in [0.1, 0.15) is 16.7 Å². The number of benzene rings is 2. The Labute approximate surface area is 165 Å². The van der Waals surface area contributed by atoms with E-state index >= 15 is 0 Å². The Hall–Kier alpha value is -3.87. The largest absolute Gasteiger partial charge is 0.508 e. The molecule has 3 N–H and O–H groups in total. The van der Waals surface area contributed by atoms with Crippen LogP contribution in [-0.4, -0.2) is 28.1 Å². The predicted molar refractivity (Wildman–Crippen MR) is 108 cm³/mol. The number of aliphatic carboxylic acids is 1. The van der Waals surface area contributed by atoms with Crippen molar-refractivity contribution in [2.45, 2.75) is 19.4 Å². The van der Waals surface area contributed by atoms with Gasteiger partial charge in [-0.25, -0.2) is 4.79 Å². The van der Waals surface area contributed by atoms with Gasteiger partial charge in [-0.05, 0) is 42.8 Å². The number of hydrogen-bond donors (Lipinski definition) is 3. The lowest BCUT2D eigenvalue weighted by atomic mass is 10.1. The van der Waals surface area contributed by atoms with Crippen LogP contribution in [0.15, 0.2) is 64.0 Å². The first kappa shape index (κ1) is 19.9. The number of rotatable bonds is 6. The number of hydrogen-bond acceptors (Lipinski definition) is 5. The lowest BCUT2D eigenvalue weighted by molar-refractivity contribution is -0.141. The number of carboxylic acids is 1. The van der Waals surface area contributed by atoms with Gasteiger partial charge in [0.1, 0.15) is 23.6 Å². The van der Waals surface area contributed by atoms with Crippen LogP contribution < -0.4 is 10.7 Å². The van der Waals surface area contributed by atoms with E-state index in [-0.39, 0.29) is 23.2 Å². The summed E-state index contributed by atoms with van der Waals surface area (Å²) in [6.07, 6.45) is 3.70. The number of carbonyl (C=O) groups is 2. The van der Waals surface area contributed by atoms with E-state index in [9.17, 15) is 24.6 Å². The summed E-state index contributed by atoms with van der Waals surface area (Å²) in [5, 5.41) is 21.5. The SMILES string of the molecule is Cc1ccc2occ(/C=C/C(=O)NC(Cc3ccc(O)cc3)C(=O)O)c(=O)c2c1. The Bertz CT molecular complexity index is 1140. The minimum atomic E-state index is -1.19. The smallest absolute Gasteiger partial charge is 0.326 e. The highest BCUT2D eigenvalue weighted by Gasteiger charge is 2.19. The zero-order chi connectivity index (χ0) is 21.0. The fourth-order valence-electron chi connectivity index (χ4n) is 2.83.